The van der Waals surface area contributed by atoms with Crippen molar-refractivity contribution in [1.29, 1.82) is 0 Å². The number of Topliss-reactive ketones (excluding diaryl/α,β-unsaturated/α-hetero) is 1. The SMILES string of the molecule is O=C(COc1ccc(CO)cc1)c1ccc(Cl)cc1. The van der Waals surface area contributed by atoms with Crippen LogP contribution in [0.15, 0.2) is 48.5 Å². The molecule has 0 heterocycles. The summed E-state index contributed by atoms with van der Waals surface area (Å²) in [6.45, 7) is -0.0376. The second-order valence-corrected chi connectivity index (χ2v) is 4.46. The molecule has 0 unspecified atom stereocenters. The molecule has 3 nitrogen and oxygen atoms in total. The number of aliphatic hydroxyl groups excluding tert-OH is 1. The van der Waals surface area contributed by atoms with Gasteiger partial charge < -0.3 is 9.84 Å². The van der Waals surface area contributed by atoms with Crippen LogP contribution in [-0.2, 0) is 6.61 Å². The van der Waals surface area contributed by atoms with E-state index in [9.17, 15) is 4.79 Å². The molecule has 0 aliphatic carbocycles. The molecule has 0 saturated carbocycles. The molecule has 0 spiro atoms. The Hall–Kier alpha value is -1.84. The minimum Gasteiger partial charge on any atom is -0.485 e. The zero-order valence-electron chi connectivity index (χ0n) is 10.2. The first kappa shape index (κ1) is 13.6. The molecule has 0 fully saturated rings. The van der Waals surface area contributed by atoms with Gasteiger partial charge in [-0.3, -0.25) is 4.79 Å². The molecular formula is C15H13ClO3. The van der Waals surface area contributed by atoms with E-state index in [1.807, 2.05) is 0 Å². The van der Waals surface area contributed by atoms with Crippen molar-refractivity contribution >= 4 is 17.4 Å². The van der Waals surface area contributed by atoms with Crippen LogP contribution in [0.25, 0.3) is 0 Å². The molecule has 0 bridgehead atoms. The summed E-state index contributed by atoms with van der Waals surface area (Å²) in [5.41, 5.74) is 1.37. The second kappa shape index (κ2) is 6.36. The Kier molecular flexibility index (Phi) is 4.55. The summed E-state index contributed by atoms with van der Waals surface area (Å²) in [7, 11) is 0. The van der Waals surface area contributed by atoms with Gasteiger partial charge in [-0.15, -0.1) is 0 Å². The number of carbonyl (C=O) groups is 1. The van der Waals surface area contributed by atoms with Crippen molar-refractivity contribution in [3.63, 3.8) is 0 Å². The first-order chi connectivity index (χ1) is 9.19. The van der Waals surface area contributed by atoms with E-state index in [1.165, 1.54) is 0 Å². The molecule has 0 radical (unpaired) electrons. The van der Waals surface area contributed by atoms with E-state index in [-0.39, 0.29) is 19.0 Å². The van der Waals surface area contributed by atoms with Crippen molar-refractivity contribution in [2.24, 2.45) is 0 Å². The summed E-state index contributed by atoms with van der Waals surface area (Å²) < 4.78 is 5.39. The van der Waals surface area contributed by atoms with Crippen molar-refractivity contribution in [3.8, 4) is 5.75 Å². The molecule has 19 heavy (non-hydrogen) atoms. The molecule has 2 rings (SSSR count). The van der Waals surface area contributed by atoms with E-state index in [4.69, 9.17) is 21.4 Å². The number of ether oxygens (including phenoxy) is 1. The zero-order valence-corrected chi connectivity index (χ0v) is 10.9. The van der Waals surface area contributed by atoms with Gasteiger partial charge in [0, 0.05) is 10.6 Å². The second-order valence-electron chi connectivity index (χ2n) is 4.02. The average molecular weight is 277 g/mol. The Morgan fingerprint density at radius 3 is 2.26 bits per heavy atom. The monoisotopic (exact) mass is 276 g/mol. The maximum absolute atomic E-state index is 11.8. The number of halogens is 1. The van der Waals surface area contributed by atoms with Gasteiger partial charge in [0.05, 0.1) is 6.61 Å². The van der Waals surface area contributed by atoms with Gasteiger partial charge in [-0.2, -0.15) is 0 Å². The number of benzene rings is 2. The van der Waals surface area contributed by atoms with Crippen LogP contribution in [0.4, 0.5) is 0 Å². The molecule has 2 aromatic carbocycles. The third-order valence-corrected chi connectivity index (χ3v) is 2.89. The van der Waals surface area contributed by atoms with Gasteiger partial charge in [-0.05, 0) is 42.0 Å². The minimum absolute atomic E-state index is 0.00994. The normalized spacial score (nSPS) is 10.2. The third-order valence-electron chi connectivity index (χ3n) is 2.64. The molecule has 0 aromatic heterocycles. The van der Waals surface area contributed by atoms with Crippen molar-refractivity contribution in [2.75, 3.05) is 6.61 Å². The van der Waals surface area contributed by atoms with Gasteiger partial charge in [-0.1, -0.05) is 23.7 Å². The van der Waals surface area contributed by atoms with Gasteiger partial charge in [0.1, 0.15) is 5.75 Å². The number of hydrogen-bond donors (Lipinski definition) is 1. The summed E-state index contributed by atoms with van der Waals surface area (Å²) >= 11 is 5.75. The molecule has 2 aromatic rings. The number of ketones is 1. The summed E-state index contributed by atoms with van der Waals surface area (Å²) in [5, 5.41) is 9.51. The van der Waals surface area contributed by atoms with E-state index in [0.29, 0.717) is 16.3 Å². The van der Waals surface area contributed by atoms with Crippen LogP contribution in [0, 0.1) is 0 Å². The van der Waals surface area contributed by atoms with Gasteiger partial charge in [0.25, 0.3) is 0 Å². The Morgan fingerprint density at radius 2 is 1.68 bits per heavy atom. The van der Waals surface area contributed by atoms with Crippen LogP contribution >= 0.6 is 11.6 Å². The van der Waals surface area contributed by atoms with Crippen molar-refractivity contribution in [3.05, 3.63) is 64.7 Å². The first-order valence-corrected chi connectivity index (χ1v) is 6.18. The lowest BCUT2D eigenvalue weighted by atomic mass is 10.1. The van der Waals surface area contributed by atoms with Crippen molar-refractivity contribution < 1.29 is 14.6 Å². The van der Waals surface area contributed by atoms with Crippen LogP contribution < -0.4 is 4.74 Å². The van der Waals surface area contributed by atoms with E-state index in [1.54, 1.807) is 48.5 Å². The van der Waals surface area contributed by atoms with E-state index < -0.39 is 0 Å². The standard InChI is InChI=1S/C15H13ClO3/c16-13-5-3-12(4-6-13)15(18)10-19-14-7-1-11(9-17)2-8-14/h1-8,17H,9-10H2. The Bertz CT molecular complexity index is 547. The van der Waals surface area contributed by atoms with Crippen LogP contribution in [0.2, 0.25) is 5.02 Å². The fourth-order valence-corrected chi connectivity index (χ4v) is 1.69. The highest BCUT2D eigenvalue weighted by Crippen LogP contribution is 2.14. The predicted octanol–water partition coefficient (Wildman–Crippen LogP) is 3.09. The van der Waals surface area contributed by atoms with E-state index in [2.05, 4.69) is 0 Å². The van der Waals surface area contributed by atoms with Crippen LogP contribution in [0.5, 0.6) is 5.75 Å². The molecular weight excluding hydrogens is 264 g/mol. The highest BCUT2D eigenvalue weighted by molar-refractivity contribution is 6.30. The first-order valence-electron chi connectivity index (χ1n) is 5.80. The van der Waals surface area contributed by atoms with Gasteiger partial charge in [0.2, 0.25) is 0 Å². The van der Waals surface area contributed by atoms with Gasteiger partial charge >= 0.3 is 0 Å². The lowest BCUT2D eigenvalue weighted by molar-refractivity contribution is 0.0921. The largest absolute Gasteiger partial charge is 0.485 e. The van der Waals surface area contributed by atoms with Crippen molar-refractivity contribution in [1.82, 2.24) is 0 Å². The summed E-state index contributed by atoms with van der Waals surface area (Å²) in [5.74, 6) is 0.488. The smallest absolute Gasteiger partial charge is 0.200 e. The number of rotatable bonds is 5. The predicted molar refractivity (Wildman–Crippen MR) is 73.6 cm³/mol. The maximum atomic E-state index is 11.8. The summed E-state index contributed by atoms with van der Waals surface area (Å²) in [4.78, 5) is 11.8. The zero-order chi connectivity index (χ0) is 13.7. The lowest BCUT2D eigenvalue weighted by Crippen LogP contribution is -2.11. The fraction of sp³-hybridized carbons (Fsp3) is 0.133. The Morgan fingerprint density at radius 1 is 1.05 bits per heavy atom. The molecule has 98 valence electrons. The fourth-order valence-electron chi connectivity index (χ4n) is 1.56. The highest BCUT2D eigenvalue weighted by atomic mass is 35.5. The molecule has 4 heteroatoms. The van der Waals surface area contributed by atoms with Crippen LogP contribution in [0.3, 0.4) is 0 Å². The molecule has 0 aliphatic rings. The van der Waals surface area contributed by atoms with Crippen molar-refractivity contribution in [2.45, 2.75) is 6.61 Å². The lowest BCUT2D eigenvalue weighted by Gasteiger charge is -2.06. The average Bonchev–Trinajstić information content (AvgIpc) is 2.46. The maximum Gasteiger partial charge on any atom is 0.200 e. The van der Waals surface area contributed by atoms with Crippen LogP contribution in [0.1, 0.15) is 15.9 Å². The third kappa shape index (κ3) is 3.81. The number of carbonyl (C=O) groups excluding carboxylic acids is 1. The van der Waals surface area contributed by atoms with Crippen LogP contribution in [-0.4, -0.2) is 17.5 Å². The topological polar surface area (TPSA) is 46.5 Å². The molecule has 0 saturated heterocycles. The van der Waals surface area contributed by atoms with E-state index >= 15 is 0 Å². The number of hydrogen-bond acceptors (Lipinski definition) is 3. The summed E-state index contributed by atoms with van der Waals surface area (Å²) in [6, 6.07) is 13.6. The van der Waals surface area contributed by atoms with Gasteiger partial charge in [-0.25, -0.2) is 0 Å². The van der Waals surface area contributed by atoms with E-state index in [0.717, 1.165) is 5.56 Å². The minimum atomic E-state index is -0.108. The molecule has 0 atom stereocenters. The Labute approximate surface area is 116 Å². The quantitative estimate of drug-likeness (QED) is 0.854. The molecule has 0 amide bonds. The molecule has 1 N–H and O–H groups in total. The highest BCUT2D eigenvalue weighted by Gasteiger charge is 2.06. The summed E-state index contributed by atoms with van der Waals surface area (Å²) in [6.07, 6.45) is 0. The number of aliphatic hydroxyl groups is 1. The molecule has 0 aliphatic heterocycles. The van der Waals surface area contributed by atoms with Gasteiger partial charge in [0.15, 0.2) is 12.4 Å². The Balaban J connectivity index is 1.94.